The van der Waals surface area contributed by atoms with Crippen molar-refractivity contribution < 1.29 is 9.53 Å². The minimum atomic E-state index is -0.543. The Kier molecular flexibility index (Phi) is 3.87. The zero-order valence-electron chi connectivity index (χ0n) is 8.56. The summed E-state index contributed by atoms with van der Waals surface area (Å²) in [7, 11) is 0. The van der Waals surface area contributed by atoms with Crippen LogP contribution >= 0.6 is 34.5 Å². The van der Waals surface area contributed by atoms with Gasteiger partial charge in [-0.05, 0) is 20.8 Å². The van der Waals surface area contributed by atoms with Gasteiger partial charge in [0.05, 0.1) is 10.7 Å². The number of hydrogen-bond donors (Lipinski definition) is 1. The molecule has 1 heterocycles. The Morgan fingerprint density at radius 1 is 1.47 bits per heavy atom. The number of anilines is 1. The van der Waals surface area contributed by atoms with Gasteiger partial charge in [-0.3, -0.25) is 5.32 Å². The van der Waals surface area contributed by atoms with Crippen LogP contribution in [0.15, 0.2) is 5.38 Å². The zero-order chi connectivity index (χ0) is 11.6. The summed E-state index contributed by atoms with van der Waals surface area (Å²) in [4.78, 5) is 11.4. The number of rotatable bonds is 1. The van der Waals surface area contributed by atoms with Gasteiger partial charge in [-0.2, -0.15) is 0 Å². The normalized spacial score (nSPS) is 11.3. The standard InChI is InChI=1S/C9H11Cl2NO2S/c1-9(2,3)14-8(13)12-5-4-15-7(11)6(5)10/h4H,1-3H3,(H,12,13). The number of carbonyl (C=O) groups is 1. The first kappa shape index (κ1) is 12.6. The number of hydrogen-bond acceptors (Lipinski definition) is 3. The van der Waals surface area contributed by atoms with Crippen LogP contribution in [0.2, 0.25) is 9.36 Å². The molecule has 0 aliphatic carbocycles. The summed E-state index contributed by atoms with van der Waals surface area (Å²) >= 11 is 12.8. The van der Waals surface area contributed by atoms with E-state index in [0.717, 1.165) is 0 Å². The molecule has 3 nitrogen and oxygen atoms in total. The lowest BCUT2D eigenvalue weighted by molar-refractivity contribution is 0.0636. The Morgan fingerprint density at radius 2 is 2.07 bits per heavy atom. The van der Waals surface area contributed by atoms with Gasteiger partial charge in [0.15, 0.2) is 0 Å². The van der Waals surface area contributed by atoms with Crippen LogP contribution in [0.4, 0.5) is 10.5 Å². The van der Waals surface area contributed by atoms with Crippen LogP contribution in [0.1, 0.15) is 20.8 Å². The zero-order valence-corrected chi connectivity index (χ0v) is 10.9. The fourth-order valence-electron chi connectivity index (χ4n) is 0.818. The van der Waals surface area contributed by atoms with Gasteiger partial charge in [-0.15, -0.1) is 11.3 Å². The molecule has 0 unspecified atom stereocenters. The van der Waals surface area contributed by atoms with E-state index in [-0.39, 0.29) is 0 Å². The second-order valence-electron chi connectivity index (χ2n) is 3.86. The van der Waals surface area contributed by atoms with Crippen LogP contribution in [0.5, 0.6) is 0 Å². The second-order valence-corrected chi connectivity index (χ2v) is 5.72. The minimum absolute atomic E-state index is 0.340. The molecule has 0 atom stereocenters. The number of amides is 1. The molecule has 1 amide bonds. The SMILES string of the molecule is CC(C)(C)OC(=O)Nc1csc(Cl)c1Cl. The predicted octanol–water partition coefficient (Wildman–Crippen LogP) is 4.40. The number of thiophene rings is 1. The molecule has 0 bridgehead atoms. The van der Waals surface area contributed by atoms with Crippen LogP contribution in [0, 0.1) is 0 Å². The van der Waals surface area contributed by atoms with Crippen molar-refractivity contribution in [3.8, 4) is 0 Å². The van der Waals surface area contributed by atoms with Crippen molar-refractivity contribution >= 4 is 46.3 Å². The third-order valence-electron chi connectivity index (χ3n) is 1.32. The van der Waals surface area contributed by atoms with Crippen LogP contribution in [-0.2, 0) is 4.74 Å². The van der Waals surface area contributed by atoms with E-state index in [1.807, 2.05) is 0 Å². The molecule has 15 heavy (non-hydrogen) atoms. The van der Waals surface area contributed by atoms with Crippen molar-refractivity contribution in [1.82, 2.24) is 0 Å². The van der Waals surface area contributed by atoms with Gasteiger partial charge in [0.2, 0.25) is 0 Å². The monoisotopic (exact) mass is 267 g/mol. The molecule has 0 saturated carbocycles. The fraction of sp³-hybridized carbons (Fsp3) is 0.444. The Hall–Kier alpha value is -0.450. The van der Waals surface area contributed by atoms with Gasteiger partial charge in [0, 0.05) is 5.38 Å². The highest BCUT2D eigenvalue weighted by Crippen LogP contribution is 2.36. The predicted molar refractivity (Wildman–Crippen MR) is 64.2 cm³/mol. The molecule has 1 N–H and O–H groups in total. The van der Waals surface area contributed by atoms with Gasteiger partial charge in [-0.1, -0.05) is 23.2 Å². The number of halogens is 2. The number of ether oxygens (including phenoxy) is 1. The first-order valence-electron chi connectivity index (χ1n) is 4.22. The summed E-state index contributed by atoms with van der Waals surface area (Å²) in [5.41, 5.74) is -0.0583. The number of carbonyl (C=O) groups excluding carboxylic acids is 1. The molecule has 0 saturated heterocycles. The maximum absolute atomic E-state index is 11.4. The highest BCUT2D eigenvalue weighted by Gasteiger charge is 2.18. The largest absolute Gasteiger partial charge is 0.444 e. The lowest BCUT2D eigenvalue weighted by Crippen LogP contribution is -2.27. The van der Waals surface area contributed by atoms with Crippen LogP contribution in [0.25, 0.3) is 0 Å². The van der Waals surface area contributed by atoms with Crippen molar-refractivity contribution in [2.24, 2.45) is 0 Å². The molecule has 0 fully saturated rings. The van der Waals surface area contributed by atoms with E-state index in [0.29, 0.717) is 15.0 Å². The Morgan fingerprint density at radius 3 is 2.47 bits per heavy atom. The average Bonchev–Trinajstić information content (AvgIpc) is 2.32. The Bertz CT molecular complexity index is 371. The highest BCUT2D eigenvalue weighted by atomic mass is 35.5. The summed E-state index contributed by atoms with van der Waals surface area (Å²) in [5.74, 6) is 0. The third-order valence-corrected chi connectivity index (χ3v) is 3.15. The molecular formula is C9H11Cl2NO2S. The van der Waals surface area contributed by atoms with E-state index in [1.54, 1.807) is 26.2 Å². The van der Waals surface area contributed by atoms with Gasteiger partial charge >= 0.3 is 6.09 Å². The summed E-state index contributed by atoms with van der Waals surface area (Å²) in [6.45, 7) is 5.36. The molecule has 0 aliphatic heterocycles. The van der Waals surface area contributed by atoms with Crippen molar-refractivity contribution in [2.75, 3.05) is 5.32 Å². The summed E-state index contributed by atoms with van der Waals surface area (Å²) < 4.78 is 5.51. The van der Waals surface area contributed by atoms with Crippen molar-refractivity contribution in [3.05, 3.63) is 14.7 Å². The molecule has 0 aliphatic rings. The summed E-state index contributed by atoms with van der Waals surface area (Å²) in [6.07, 6.45) is -0.543. The smallest absolute Gasteiger partial charge is 0.412 e. The highest BCUT2D eigenvalue weighted by molar-refractivity contribution is 7.15. The van der Waals surface area contributed by atoms with Gasteiger partial charge in [0.25, 0.3) is 0 Å². The lowest BCUT2D eigenvalue weighted by atomic mass is 10.2. The maximum atomic E-state index is 11.4. The third kappa shape index (κ3) is 3.89. The molecule has 0 aromatic carbocycles. The van der Waals surface area contributed by atoms with E-state index in [9.17, 15) is 4.79 Å². The average molecular weight is 268 g/mol. The van der Waals surface area contributed by atoms with Crippen molar-refractivity contribution in [2.45, 2.75) is 26.4 Å². The Balaban J connectivity index is 2.63. The van der Waals surface area contributed by atoms with Gasteiger partial charge < -0.3 is 4.74 Å². The number of nitrogens with one attached hydrogen (secondary N) is 1. The van der Waals surface area contributed by atoms with E-state index in [1.165, 1.54) is 11.3 Å². The Labute approximate surface area is 102 Å². The fourth-order valence-corrected chi connectivity index (χ4v) is 1.96. The first-order chi connectivity index (χ1) is 6.79. The topological polar surface area (TPSA) is 38.3 Å². The van der Waals surface area contributed by atoms with E-state index in [2.05, 4.69) is 5.32 Å². The summed E-state index contributed by atoms with van der Waals surface area (Å²) in [6, 6.07) is 0. The van der Waals surface area contributed by atoms with E-state index >= 15 is 0 Å². The second kappa shape index (κ2) is 4.60. The van der Waals surface area contributed by atoms with Crippen LogP contribution in [0.3, 0.4) is 0 Å². The van der Waals surface area contributed by atoms with E-state index in [4.69, 9.17) is 27.9 Å². The molecule has 0 spiro atoms. The van der Waals surface area contributed by atoms with Crippen LogP contribution in [-0.4, -0.2) is 11.7 Å². The maximum Gasteiger partial charge on any atom is 0.412 e. The van der Waals surface area contributed by atoms with Crippen molar-refractivity contribution in [1.29, 1.82) is 0 Å². The molecular weight excluding hydrogens is 257 g/mol. The summed E-state index contributed by atoms with van der Waals surface area (Å²) in [5, 5.41) is 4.52. The van der Waals surface area contributed by atoms with Crippen molar-refractivity contribution in [3.63, 3.8) is 0 Å². The molecule has 1 rings (SSSR count). The van der Waals surface area contributed by atoms with Crippen LogP contribution < -0.4 is 5.32 Å². The molecule has 1 aromatic rings. The molecule has 84 valence electrons. The molecule has 0 radical (unpaired) electrons. The molecule has 6 heteroatoms. The quantitative estimate of drug-likeness (QED) is 0.819. The first-order valence-corrected chi connectivity index (χ1v) is 5.85. The van der Waals surface area contributed by atoms with Gasteiger partial charge in [0.1, 0.15) is 9.94 Å². The molecule has 1 aromatic heterocycles. The van der Waals surface area contributed by atoms with Gasteiger partial charge in [-0.25, -0.2) is 4.79 Å². The lowest BCUT2D eigenvalue weighted by Gasteiger charge is -2.19. The van der Waals surface area contributed by atoms with E-state index < -0.39 is 11.7 Å². The minimum Gasteiger partial charge on any atom is -0.444 e.